The standard InChI is InChI=1S/C21H24ClFN6O/c1-13-20(14(2)27(3)26-13)18-11-19(25-24-18)21(30)29-8-6-28(7-9-29)12-15-4-5-16(23)10-17(15)22/h4-5,10-11H,6-9,12H2,1-3H3,(H,24,25). The molecule has 9 heteroatoms. The van der Waals surface area contributed by atoms with Crippen molar-refractivity contribution < 1.29 is 9.18 Å². The average molecular weight is 431 g/mol. The number of halogens is 2. The molecule has 1 aliphatic rings. The summed E-state index contributed by atoms with van der Waals surface area (Å²) in [5, 5.41) is 12.1. The zero-order valence-corrected chi connectivity index (χ0v) is 18.0. The fraction of sp³-hybridized carbons (Fsp3) is 0.381. The van der Waals surface area contributed by atoms with Crippen molar-refractivity contribution in [1.82, 2.24) is 29.8 Å². The lowest BCUT2D eigenvalue weighted by Gasteiger charge is -2.34. The maximum atomic E-state index is 13.2. The Balaban J connectivity index is 1.39. The molecular weight excluding hydrogens is 407 g/mol. The molecule has 0 atom stereocenters. The van der Waals surface area contributed by atoms with Gasteiger partial charge in [0, 0.05) is 56.1 Å². The summed E-state index contributed by atoms with van der Waals surface area (Å²) in [6.45, 7) is 7.22. The van der Waals surface area contributed by atoms with Gasteiger partial charge in [-0.05, 0) is 37.6 Å². The minimum atomic E-state index is -0.338. The first-order valence-corrected chi connectivity index (χ1v) is 10.2. The molecule has 0 saturated carbocycles. The van der Waals surface area contributed by atoms with Gasteiger partial charge in [-0.25, -0.2) is 4.39 Å². The van der Waals surface area contributed by atoms with Gasteiger partial charge in [0.05, 0.1) is 11.4 Å². The van der Waals surface area contributed by atoms with E-state index in [4.69, 9.17) is 11.6 Å². The zero-order chi connectivity index (χ0) is 21.4. The van der Waals surface area contributed by atoms with Crippen molar-refractivity contribution in [3.8, 4) is 11.3 Å². The van der Waals surface area contributed by atoms with Crippen molar-refractivity contribution in [3.63, 3.8) is 0 Å². The Morgan fingerprint density at radius 2 is 1.93 bits per heavy atom. The molecule has 0 radical (unpaired) electrons. The molecule has 1 N–H and O–H groups in total. The van der Waals surface area contributed by atoms with Crippen LogP contribution in [0.3, 0.4) is 0 Å². The van der Waals surface area contributed by atoms with Crippen LogP contribution in [0.1, 0.15) is 27.4 Å². The molecule has 2 aromatic heterocycles. The number of H-pyrrole nitrogens is 1. The lowest BCUT2D eigenvalue weighted by Crippen LogP contribution is -2.48. The molecule has 1 saturated heterocycles. The van der Waals surface area contributed by atoms with Gasteiger partial charge in [-0.1, -0.05) is 17.7 Å². The van der Waals surface area contributed by atoms with E-state index in [1.165, 1.54) is 12.1 Å². The van der Waals surface area contributed by atoms with Crippen LogP contribution in [0.5, 0.6) is 0 Å². The number of rotatable bonds is 4. The number of aromatic nitrogens is 4. The highest BCUT2D eigenvalue weighted by Gasteiger charge is 2.25. The summed E-state index contributed by atoms with van der Waals surface area (Å²) in [6, 6.07) is 6.26. The third-order valence-electron chi connectivity index (χ3n) is 5.64. The van der Waals surface area contributed by atoms with E-state index in [0.717, 1.165) is 41.3 Å². The summed E-state index contributed by atoms with van der Waals surface area (Å²) >= 11 is 6.14. The number of piperazine rings is 1. The number of hydrogen-bond acceptors (Lipinski definition) is 4. The minimum absolute atomic E-state index is 0.0626. The quantitative estimate of drug-likeness (QED) is 0.690. The van der Waals surface area contributed by atoms with Gasteiger partial charge in [0.2, 0.25) is 0 Å². The summed E-state index contributed by atoms with van der Waals surface area (Å²) in [4.78, 5) is 17.0. The average Bonchev–Trinajstić information content (AvgIpc) is 3.28. The van der Waals surface area contributed by atoms with Gasteiger partial charge in [-0.2, -0.15) is 10.2 Å². The van der Waals surface area contributed by atoms with Crippen LogP contribution in [0, 0.1) is 19.7 Å². The zero-order valence-electron chi connectivity index (χ0n) is 17.2. The number of aryl methyl sites for hydroxylation is 2. The van der Waals surface area contributed by atoms with Crippen LogP contribution in [0.15, 0.2) is 24.3 Å². The van der Waals surface area contributed by atoms with Crippen molar-refractivity contribution in [2.75, 3.05) is 26.2 Å². The predicted molar refractivity (Wildman–Crippen MR) is 113 cm³/mol. The second-order valence-electron chi connectivity index (χ2n) is 7.64. The first-order chi connectivity index (χ1) is 14.3. The van der Waals surface area contributed by atoms with Gasteiger partial charge >= 0.3 is 0 Å². The monoisotopic (exact) mass is 430 g/mol. The number of carbonyl (C=O) groups is 1. The smallest absolute Gasteiger partial charge is 0.271 e. The molecule has 0 unspecified atom stereocenters. The Bertz CT molecular complexity index is 1080. The van der Waals surface area contributed by atoms with E-state index in [1.807, 2.05) is 30.5 Å². The molecule has 0 aliphatic carbocycles. The summed E-state index contributed by atoms with van der Waals surface area (Å²) in [6.07, 6.45) is 0. The molecule has 1 aromatic carbocycles. The van der Waals surface area contributed by atoms with Gasteiger partial charge in [0.25, 0.3) is 5.91 Å². The van der Waals surface area contributed by atoms with Crippen LogP contribution >= 0.6 is 11.6 Å². The van der Waals surface area contributed by atoms with Gasteiger partial charge in [-0.15, -0.1) is 0 Å². The van der Waals surface area contributed by atoms with Crippen LogP contribution in [0.4, 0.5) is 4.39 Å². The van der Waals surface area contributed by atoms with Crippen LogP contribution in [0.25, 0.3) is 11.3 Å². The molecule has 0 spiro atoms. The Kier molecular flexibility index (Phi) is 5.62. The van der Waals surface area contributed by atoms with E-state index >= 15 is 0 Å². The molecule has 4 rings (SSSR count). The fourth-order valence-corrected chi connectivity index (χ4v) is 4.10. The van der Waals surface area contributed by atoms with E-state index in [1.54, 1.807) is 12.1 Å². The topological polar surface area (TPSA) is 70.1 Å². The number of aromatic amines is 1. The van der Waals surface area contributed by atoms with Crippen molar-refractivity contribution >= 4 is 17.5 Å². The normalized spacial score (nSPS) is 15.0. The first kappa shape index (κ1) is 20.6. The van der Waals surface area contributed by atoms with Crippen LogP contribution in [0.2, 0.25) is 5.02 Å². The summed E-state index contributed by atoms with van der Waals surface area (Å²) < 4.78 is 15.0. The third kappa shape index (κ3) is 3.97. The number of amides is 1. The molecule has 1 aliphatic heterocycles. The number of benzene rings is 1. The van der Waals surface area contributed by atoms with Crippen molar-refractivity contribution in [2.24, 2.45) is 7.05 Å². The third-order valence-corrected chi connectivity index (χ3v) is 5.99. The van der Waals surface area contributed by atoms with Crippen LogP contribution in [-0.4, -0.2) is 61.9 Å². The van der Waals surface area contributed by atoms with E-state index in [9.17, 15) is 9.18 Å². The van der Waals surface area contributed by atoms with Gasteiger partial charge in [0.15, 0.2) is 0 Å². The van der Waals surface area contributed by atoms with Gasteiger partial charge in [0.1, 0.15) is 11.5 Å². The van der Waals surface area contributed by atoms with Crippen molar-refractivity contribution in [2.45, 2.75) is 20.4 Å². The highest BCUT2D eigenvalue weighted by Crippen LogP contribution is 2.26. The molecule has 158 valence electrons. The maximum Gasteiger partial charge on any atom is 0.271 e. The maximum absolute atomic E-state index is 13.2. The Morgan fingerprint density at radius 3 is 2.57 bits per heavy atom. The van der Waals surface area contributed by atoms with E-state index < -0.39 is 0 Å². The van der Waals surface area contributed by atoms with Crippen LogP contribution in [-0.2, 0) is 13.6 Å². The SMILES string of the molecule is Cc1nn(C)c(C)c1-c1cc(C(=O)N2CCN(Cc3ccc(F)cc3Cl)CC2)[nH]n1. The second-order valence-corrected chi connectivity index (χ2v) is 8.05. The largest absolute Gasteiger partial charge is 0.335 e. The lowest BCUT2D eigenvalue weighted by atomic mass is 10.1. The Morgan fingerprint density at radius 1 is 1.20 bits per heavy atom. The molecule has 7 nitrogen and oxygen atoms in total. The highest BCUT2D eigenvalue weighted by molar-refractivity contribution is 6.31. The second kappa shape index (κ2) is 8.20. The molecule has 1 amide bonds. The number of nitrogens with zero attached hydrogens (tertiary/aromatic N) is 5. The lowest BCUT2D eigenvalue weighted by molar-refractivity contribution is 0.0622. The first-order valence-electron chi connectivity index (χ1n) is 9.85. The van der Waals surface area contributed by atoms with Gasteiger partial charge in [-0.3, -0.25) is 19.5 Å². The van der Waals surface area contributed by atoms with Crippen molar-refractivity contribution in [1.29, 1.82) is 0 Å². The minimum Gasteiger partial charge on any atom is -0.335 e. The Hall–Kier alpha value is -2.71. The molecule has 3 aromatic rings. The van der Waals surface area contributed by atoms with E-state index in [2.05, 4.69) is 20.2 Å². The fourth-order valence-electron chi connectivity index (χ4n) is 3.87. The Labute approximate surface area is 179 Å². The van der Waals surface area contributed by atoms with Gasteiger partial charge < -0.3 is 4.90 Å². The molecule has 0 bridgehead atoms. The van der Waals surface area contributed by atoms with E-state index in [0.29, 0.717) is 30.4 Å². The van der Waals surface area contributed by atoms with Crippen LogP contribution < -0.4 is 0 Å². The van der Waals surface area contributed by atoms with E-state index in [-0.39, 0.29) is 11.7 Å². The molecule has 3 heterocycles. The molecular formula is C21H24ClFN6O. The number of nitrogens with one attached hydrogen (secondary N) is 1. The summed E-state index contributed by atoms with van der Waals surface area (Å²) in [5.74, 6) is -0.401. The molecule has 30 heavy (non-hydrogen) atoms. The summed E-state index contributed by atoms with van der Waals surface area (Å²) in [5.41, 5.74) is 4.93. The predicted octanol–water partition coefficient (Wildman–Crippen LogP) is 3.18. The highest BCUT2D eigenvalue weighted by atomic mass is 35.5. The summed E-state index contributed by atoms with van der Waals surface area (Å²) in [7, 11) is 1.89. The van der Waals surface area contributed by atoms with Crippen molar-refractivity contribution in [3.05, 3.63) is 57.8 Å². The number of hydrogen-bond donors (Lipinski definition) is 1. The number of carbonyl (C=O) groups excluding carboxylic acids is 1. The molecule has 1 fully saturated rings.